The molecule has 0 saturated carbocycles. The van der Waals surface area contributed by atoms with E-state index in [0.717, 1.165) is 5.56 Å². The maximum atomic E-state index is 12.5. The van der Waals surface area contributed by atoms with E-state index in [9.17, 15) is 9.18 Å². The van der Waals surface area contributed by atoms with Crippen molar-refractivity contribution in [3.63, 3.8) is 0 Å². The number of carbonyl (C=O) groups is 1. The summed E-state index contributed by atoms with van der Waals surface area (Å²) in [5.41, 5.74) is 0.807. The quantitative estimate of drug-likeness (QED) is 0.657. The van der Waals surface area contributed by atoms with Crippen LogP contribution in [0.1, 0.15) is 5.56 Å². The van der Waals surface area contributed by atoms with Crippen LogP contribution in [0.2, 0.25) is 0 Å². The Labute approximate surface area is 82.7 Å². The third-order valence-electron chi connectivity index (χ3n) is 1.73. The van der Waals surface area contributed by atoms with Crippen LogP contribution in [0.3, 0.4) is 0 Å². The van der Waals surface area contributed by atoms with Gasteiger partial charge in [0.2, 0.25) is 5.91 Å². The minimum Gasteiger partial charge on any atom is -0.345 e. The van der Waals surface area contributed by atoms with Gasteiger partial charge in [0.1, 0.15) is 5.82 Å². The number of rotatable bonds is 2. The van der Waals surface area contributed by atoms with Gasteiger partial charge in [-0.1, -0.05) is 12.1 Å². The molecule has 1 rings (SSSR count). The molecule has 0 aliphatic rings. The van der Waals surface area contributed by atoms with Crippen LogP contribution in [0.15, 0.2) is 30.3 Å². The van der Waals surface area contributed by atoms with Crippen molar-refractivity contribution in [1.29, 1.82) is 0 Å². The second-order valence-electron chi connectivity index (χ2n) is 3.12. The molecule has 0 spiro atoms. The van der Waals surface area contributed by atoms with E-state index in [-0.39, 0.29) is 11.7 Å². The highest BCUT2D eigenvalue weighted by molar-refractivity contribution is 5.91. The van der Waals surface area contributed by atoms with Gasteiger partial charge in [0.25, 0.3) is 0 Å². The zero-order valence-corrected chi connectivity index (χ0v) is 8.20. The monoisotopic (exact) mass is 193 g/mol. The number of hydrogen-bond donors (Lipinski definition) is 0. The molecule has 0 atom stereocenters. The highest BCUT2D eigenvalue weighted by atomic mass is 19.1. The molecule has 0 saturated heterocycles. The fourth-order valence-electron chi connectivity index (χ4n) is 0.890. The van der Waals surface area contributed by atoms with E-state index in [0.29, 0.717) is 0 Å². The van der Waals surface area contributed by atoms with E-state index < -0.39 is 0 Å². The highest BCUT2D eigenvalue weighted by Gasteiger charge is 1.96. The Morgan fingerprint density at radius 1 is 1.29 bits per heavy atom. The molecular weight excluding hydrogens is 181 g/mol. The maximum Gasteiger partial charge on any atom is 0.246 e. The number of carbonyl (C=O) groups excluding carboxylic acids is 1. The molecule has 0 aliphatic heterocycles. The predicted octanol–water partition coefficient (Wildman–Crippen LogP) is 1.93. The van der Waals surface area contributed by atoms with Gasteiger partial charge >= 0.3 is 0 Å². The molecule has 0 aliphatic carbocycles. The first kappa shape index (κ1) is 10.4. The third-order valence-corrected chi connectivity index (χ3v) is 1.73. The Kier molecular flexibility index (Phi) is 3.40. The van der Waals surface area contributed by atoms with Crippen molar-refractivity contribution >= 4 is 12.0 Å². The lowest BCUT2D eigenvalue weighted by atomic mass is 10.2. The third kappa shape index (κ3) is 3.01. The lowest BCUT2D eigenvalue weighted by molar-refractivity contribution is -0.123. The second-order valence-corrected chi connectivity index (χ2v) is 3.12. The van der Waals surface area contributed by atoms with Crippen LogP contribution in [0.5, 0.6) is 0 Å². The molecule has 0 fully saturated rings. The summed E-state index contributed by atoms with van der Waals surface area (Å²) in [4.78, 5) is 12.6. The van der Waals surface area contributed by atoms with Gasteiger partial charge < -0.3 is 4.90 Å². The van der Waals surface area contributed by atoms with Crippen molar-refractivity contribution in [2.24, 2.45) is 0 Å². The standard InChI is InChI=1S/C11H12FNO/c1-13(2)11(14)8-5-9-3-6-10(12)7-4-9/h3-8H,1-2H3. The molecule has 0 aromatic heterocycles. The summed E-state index contributed by atoms with van der Waals surface area (Å²) in [5.74, 6) is -0.365. The summed E-state index contributed by atoms with van der Waals surface area (Å²) in [6.07, 6.45) is 3.11. The first-order valence-corrected chi connectivity index (χ1v) is 4.24. The van der Waals surface area contributed by atoms with Crippen molar-refractivity contribution in [2.75, 3.05) is 14.1 Å². The van der Waals surface area contributed by atoms with Gasteiger partial charge in [-0.15, -0.1) is 0 Å². The van der Waals surface area contributed by atoms with E-state index >= 15 is 0 Å². The zero-order valence-electron chi connectivity index (χ0n) is 8.20. The Hall–Kier alpha value is -1.64. The van der Waals surface area contributed by atoms with Gasteiger partial charge in [-0.3, -0.25) is 4.79 Å². The molecule has 2 nitrogen and oxygen atoms in total. The Bertz CT molecular complexity index is 341. The average Bonchev–Trinajstić information content (AvgIpc) is 2.16. The Morgan fingerprint density at radius 2 is 1.86 bits per heavy atom. The number of halogens is 1. The summed E-state index contributed by atoms with van der Waals surface area (Å²) in [6, 6.07) is 5.96. The molecule has 0 unspecified atom stereocenters. The average molecular weight is 193 g/mol. The topological polar surface area (TPSA) is 20.3 Å². The van der Waals surface area contributed by atoms with Crippen molar-refractivity contribution < 1.29 is 9.18 Å². The van der Waals surface area contributed by atoms with Crippen LogP contribution < -0.4 is 0 Å². The van der Waals surface area contributed by atoms with Gasteiger partial charge in [0.15, 0.2) is 0 Å². The Morgan fingerprint density at radius 3 is 2.36 bits per heavy atom. The minimum atomic E-state index is -0.277. The zero-order chi connectivity index (χ0) is 10.6. The molecule has 74 valence electrons. The van der Waals surface area contributed by atoms with Crippen LogP contribution in [-0.2, 0) is 4.79 Å². The fraction of sp³-hybridized carbons (Fsp3) is 0.182. The number of hydrogen-bond acceptors (Lipinski definition) is 1. The Balaban J connectivity index is 2.69. The van der Waals surface area contributed by atoms with Crippen molar-refractivity contribution in [3.05, 3.63) is 41.7 Å². The molecule has 0 heterocycles. The number of benzene rings is 1. The van der Waals surface area contributed by atoms with Crippen molar-refractivity contribution in [2.45, 2.75) is 0 Å². The largest absolute Gasteiger partial charge is 0.345 e. The molecular formula is C11H12FNO. The lowest BCUT2D eigenvalue weighted by Crippen LogP contribution is -2.18. The van der Waals surface area contributed by atoms with E-state index in [2.05, 4.69) is 0 Å². The SMILES string of the molecule is CN(C)C(=O)C=Cc1ccc(F)cc1. The molecule has 1 aromatic carbocycles. The number of amides is 1. The number of nitrogens with zero attached hydrogens (tertiary/aromatic N) is 1. The van der Waals surface area contributed by atoms with Crippen LogP contribution in [0.4, 0.5) is 4.39 Å². The summed E-state index contributed by atoms with van der Waals surface area (Å²) >= 11 is 0. The van der Waals surface area contributed by atoms with Crippen LogP contribution in [-0.4, -0.2) is 24.9 Å². The number of likely N-dealkylation sites (N-methyl/N-ethyl adjacent to an activating group) is 1. The van der Waals surface area contributed by atoms with E-state index in [4.69, 9.17) is 0 Å². The minimum absolute atomic E-state index is 0.0886. The fourth-order valence-corrected chi connectivity index (χ4v) is 0.890. The summed E-state index contributed by atoms with van der Waals surface area (Å²) in [7, 11) is 3.36. The van der Waals surface area contributed by atoms with Crippen molar-refractivity contribution in [1.82, 2.24) is 4.90 Å². The first-order chi connectivity index (χ1) is 6.59. The second kappa shape index (κ2) is 4.56. The summed E-state index contributed by atoms with van der Waals surface area (Å²) in [5, 5.41) is 0. The normalized spacial score (nSPS) is 10.5. The van der Waals surface area contributed by atoms with Gasteiger partial charge in [-0.05, 0) is 23.8 Å². The van der Waals surface area contributed by atoms with E-state index in [1.54, 1.807) is 32.3 Å². The van der Waals surface area contributed by atoms with Gasteiger partial charge in [0, 0.05) is 20.2 Å². The van der Waals surface area contributed by atoms with Gasteiger partial charge in [-0.25, -0.2) is 4.39 Å². The summed E-state index contributed by atoms with van der Waals surface area (Å²) in [6.45, 7) is 0. The molecule has 0 N–H and O–H groups in total. The van der Waals surface area contributed by atoms with Gasteiger partial charge in [-0.2, -0.15) is 0 Å². The van der Waals surface area contributed by atoms with Gasteiger partial charge in [0.05, 0.1) is 0 Å². The molecule has 1 amide bonds. The molecule has 14 heavy (non-hydrogen) atoms. The van der Waals surface area contributed by atoms with E-state index in [1.807, 2.05) is 0 Å². The smallest absolute Gasteiger partial charge is 0.246 e. The highest BCUT2D eigenvalue weighted by Crippen LogP contribution is 2.04. The van der Waals surface area contributed by atoms with Crippen molar-refractivity contribution in [3.8, 4) is 0 Å². The van der Waals surface area contributed by atoms with Crippen LogP contribution >= 0.6 is 0 Å². The molecule has 0 bridgehead atoms. The summed E-state index contributed by atoms with van der Waals surface area (Å²) < 4.78 is 12.5. The molecule has 0 radical (unpaired) electrons. The predicted molar refractivity (Wildman–Crippen MR) is 54.1 cm³/mol. The van der Waals surface area contributed by atoms with Crippen LogP contribution in [0, 0.1) is 5.82 Å². The molecule has 3 heteroatoms. The van der Waals surface area contributed by atoms with Crippen LogP contribution in [0.25, 0.3) is 6.08 Å². The van der Waals surface area contributed by atoms with E-state index in [1.165, 1.54) is 23.1 Å². The lowest BCUT2D eigenvalue weighted by Gasteiger charge is -2.04. The first-order valence-electron chi connectivity index (χ1n) is 4.24. The maximum absolute atomic E-state index is 12.5. The molecule has 1 aromatic rings.